The van der Waals surface area contributed by atoms with E-state index in [9.17, 15) is 14.9 Å². The van der Waals surface area contributed by atoms with E-state index < -0.39 is 4.92 Å². The molecule has 2 aromatic carbocycles. The van der Waals surface area contributed by atoms with Crippen molar-refractivity contribution < 1.29 is 14.5 Å². The molecule has 0 bridgehead atoms. The summed E-state index contributed by atoms with van der Waals surface area (Å²) in [7, 11) is 3.14. The van der Waals surface area contributed by atoms with E-state index in [0.717, 1.165) is 23.3 Å². The van der Waals surface area contributed by atoms with Gasteiger partial charge in [0, 0.05) is 37.3 Å². The molecule has 7 nitrogen and oxygen atoms in total. The van der Waals surface area contributed by atoms with Crippen molar-refractivity contribution in [3.8, 4) is 5.75 Å². The Kier molecular flexibility index (Phi) is 4.56. The first-order valence-electron chi connectivity index (χ1n) is 7.95. The van der Waals surface area contributed by atoms with E-state index in [1.165, 1.54) is 13.1 Å². The van der Waals surface area contributed by atoms with E-state index in [1.807, 2.05) is 23.1 Å². The largest absolute Gasteiger partial charge is 0.496 e. The summed E-state index contributed by atoms with van der Waals surface area (Å²) in [4.78, 5) is 24.8. The van der Waals surface area contributed by atoms with Gasteiger partial charge in [0.25, 0.3) is 11.6 Å². The van der Waals surface area contributed by atoms with E-state index >= 15 is 0 Å². The molecule has 7 heteroatoms. The van der Waals surface area contributed by atoms with Gasteiger partial charge in [-0.2, -0.15) is 0 Å². The van der Waals surface area contributed by atoms with Crippen molar-refractivity contribution >= 4 is 17.3 Å². The molecule has 1 N–H and O–H groups in total. The zero-order valence-electron chi connectivity index (χ0n) is 14.1. The Morgan fingerprint density at radius 1 is 1.32 bits per heavy atom. The van der Waals surface area contributed by atoms with Crippen LogP contribution in [0.15, 0.2) is 36.4 Å². The number of carbonyl (C=O) groups excluding carboxylic acids is 1. The molecule has 0 unspecified atom stereocenters. The second-order valence-corrected chi connectivity index (χ2v) is 5.81. The Balaban J connectivity index is 1.97. The standard InChI is InChI=1S/C18H19N3O4/c1-19-18(22)12-6-7-15(16(10-12)21(23)24)20-9-8-14-13(11-20)4-3-5-17(14)25-2/h3-7,10H,8-9,11H2,1-2H3,(H,19,22). The molecule has 0 aliphatic carbocycles. The maximum atomic E-state index is 11.7. The predicted octanol–water partition coefficient (Wildman–Crippen LogP) is 2.53. The fourth-order valence-electron chi connectivity index (χ4n) is 3.19. The minimum Gasteiger partial charge on any atom is -0.496 e. The Morgan fingerprint density at radius 3 is 2.80 bits per heavy atom. The minimum atomic E-state index is -0.442. The third-order valence-electron chi connectivity index (χ3n) is 4.44. The highest BCUT2D eigenvalue weighted by Gasteiger charge is 2.26. The fourth-order valence-corrected chi connectivity index (χ4v) is 3.19. The number of hydrogen-bond acceptors (Lipinski definition) is 5. The Hall–Kier alpha value is -3.09. The van der Waals surface area contributed by atoms with Crippen molar-refractivity contribution in [2.45, 2.75) is 13.0 Å². The van der Waals surface area contributed by atoms with Gasteiger partial charge in [-0.25, -0.2) is 0 Å². The molecule has 1 aliphatic heterocycles. The summed E-state index contributed by atoms with van der Waals surface area (Å²) in [5.41, 5.74) is 2.97. The molecule has 2 aromatic rings. The minimum absolute atomic E-state index is 0.0625. The smallest absolute Gasteiger partial charge is 0.293 e. The molecule has 25 heavy (non-hydrogen) atoms. The van der Waals surface area contributed by atoms with Crippen molar-refractivity contribution in [2.75, 3.05) is 25.6 Å². The summed E-state index contributed by atoms with van der Waals surface area (Å²) >= 11 is 0. The van der Waals surface area contributed by atoms with Crippen LogP contribution in [0.2, 0.25) is 0 Å². The summed E-state index contributed by atoms with van der Waals surface area (Å²) in [5.74, 6) is 0.505. The zero-order valence-corrected chi connectivity index (χ0v) is 14.1. The summed E-state index contributed by atoms with van der Waals surface area (Å²) in [6.45, 7) is 1.21. The van der Waals surface area contributed by atoms with Gasteiger partial charge in [-0.15, -0.1) is 0 Å². The van der Waals surface area contributed by atoms with Crippen molar-refractivity contribution in [1.29, 1.82) is 0 Å². The van der Waals surface area contributed by atoms with Gasteiger partial charge in [0.2, 0.25) is 0 Å². The third-order valence-corrected chi connectivity index (χ3v) is 4.44. The maximum Gasteiger partial charge on any atom is 0.293 e. The van der Waals surface area contributed by atoms with E-state index in [4.69, 9.17) is 4.74 Å². The van der Waals surface area contributed by atoms with Gasteiger partial charge in [0.15, 0.2) is 0 Å². The normalized spacial score (nSPS) is 13.1. The number of fused-ring (bicyclic) bond motifs is 1. The van der Waals surface area contributed by atoms with Gasteiger partial charge in [-0.1, -0.05) is 12.1 Å². The van der Waals surface area contributed by atoms with Crippen LogP contribution in [-0.4, -0.2) is 31.5 Å². The van der Waals surface area contributed by atoms with Gasteiger partial charge in [-0.3, -0.25) is 14.9 Å². The summed E-state index contributed by atoms with van der Waals surface area (Å²) < 4.78 is 5.40. The Bertz CT molecular complexity index is 835. The molecule has 1 amide bonds. The first-order valence-corrected chi connectivity index (χ1v) is 7.95. The first-order chi connectivity index (χ1) is 12.0. The first kappa shape index (κ1) is 16.8. The number of nitrogens with one attached hydrogen (secondary N) is 1. The van der Waals surface area contributed by atoms with Crippen LogP contribution in [0, 0.1) is 10.1 Å². The van der Waals surface area contributed by atoms with Gasteiger partial charge in [0.1, 0.15) is 11.4 Å². The summed E-state index contributed by atoms with van der Waals surface area (Å²) in [6.07, 6.45) is 0.744. The molecule has 0 saturated carbocycles. The van der Waals surface area contributed by atoms with Crippen LogP contribution in [0.1, 0.15) is 21.5 Å². The Morgan fingerprint density at radius 2 is 2.12 bits per heavy atom. The van der Waals surface area contributed by atoms with Crippen LogP contribution >= 0.6 is 0 Å². The molecule has 1 aliphatic rings. The number of carbonyl (C=O) groups is 1. The number of ether oxygens (including phenoxy) is 1. The topological polar surface area (TPSA) is 84.7 Å². The van der Waals surface area contributed by atoms with Crippen LogP contribution in [0.5, 0.6) is 5.75 Å². The fraction of sp³-hybridized carbons (Fsp3) is 0.278. The maximum absolute atomic E-state index is 11.7. The predicted molar refractivity (Wildman–Crippen MR) is 94.2 cm³/mol. The van der Waals surface area contributed by atoms with Crippen LogP contribution in [0.25, 0.3) is 0 Å². The molecule has 0 radical (unpaired) electrons. The number of nitrogens with zero attached hydrogens (tertiary/aromatic N) is 2. The molecular formula is C18H19N3O4. The molecule has 0 fully saturated rings. The van der Waals surface area contributed by atoms with Crippen LogP contribution in [-0.2, 0) is 13.0 Å². The number of nitro groups is 1. The van der Waals surface area contributed by atoms with Gasteiger partial charge < -0.3 is 15.0 Å². The number of rotatable bonds is 4. The molecular weight excluding hydrogens is 322 g/mol. The quantitative estimate of drug-likeness (QED) is 0.682. The van der Waals surface area contributed by atoms with Crippen LogP contribution < -0.4 is 15.0 Å². The van der Waals surface area contributed by atoms with Crippen molar-refractivity contribution in [3.05, 3.63) is 63.2 Å². The molecule has 0 atom stereocenters. The SMILES string of the molecule is CNC(=O)c1ccc(N2CCc3c(cccc3OC)C2)c([N+](=O)[O-])c1. The highest BCUT2D eigenvalue weighted by atomic mass is 16.6. The van der Waals surface area contributed by atoms with Gasteiger partial charge >= 0.3 is 0 Å². The van der Waals surface area contributed by atoms with Gasteiger partial charge in [-0.05, 0) is 30.2 Å². The lowest BCUT2D eigenvalue weighted by Gasteiger charge is -2.31. The monoisotopic (exact) mass is 341 g/mol. The summed E-state index contributed by atoms with van der Waals surface area (Å²) in [6, 6.07) is 10.4. The highest BCUT2D eigenvalue weighted by Crippen LogP contribution is 2.35. The van der Waals surface area contributed by atoms with Crippen molar-refractivity contribution in [3.63, 3.8) is 0 Å². The number of methoxy groups -OCH3 is 1. The lowest BCUT2D eigenvalue weighted by molar-refractivity contribution is -0.384. The number of nitro benzene ring substituents is 1. The lowest BCUT2D eigenvalue weighted by Crippen LogP contribution is -2.31. The molecule has 0 spiro atoms. The number of hydrogen-bond donors (Lipinski definition) is 1. The summed E-state index contributed by atoms with van der Waals surface area (Å²) in [5, 5.41) is 14.0. The molecule has 0 aromatic heterocycles. The molecule has 1 heterocycles. The Labute approximate surface area is 145 Å². The second kappa shape index (κ2) is 6.80. The average Bonchev–Trinajstić information content (AvgIpc) is 2.65. The molecule has 3 rings (SSSR count). The lowest BCUT2D eigenvalue weighted by atomic mass is 9.98. The highest BCUT2D eigenvalue weighted by molar-refractivity contribution is 5.95. The van der Waals surface area contributed by atoms with Gasteiger partial charge in [0.05, 0.1) is 12.0 Å². The number of amides is 1. The van der Waals surface area contributed by atoms with Crippen molar-refractivity contribution in [2.24, 2.45) is 0 Å². The molecule has 130 valence electrons. The van der Waals surface area contributed by atoms with E-state index in [1.54, 1.807) is 19.2 Å². The number of anilines is 1. The van der Waals surface area contributed by atoms with Crippen LogP contribution in [0.3, 0.4) is 0 Å². The second-order valence-electron chi connectivity index (χ2n) is 5.81. The van der Waals surface area contributed by atoms with E-state index in [2.05, 4.69) is 5.32 Å². The van der Waals surface area contributed by atoms with Crippen LogP contribution in [0.4, 0.5) is 11.4 Å². The number of benzene rings is 2. The van der Waals surface area contributed by atoms with Crippen molar-refractivity contribution in [1.82, 2.24) is 5.32 Å². The zero-order chi connectivity index (χ0) is 18.0. The van der Waals surface area contributed by atoms with E-state index in [-0.39, 0.29) is 17.2 Å². The van der Waals surface area contributed by atoms with E-state index in [0.29, 0.717) is 18.8 Å². The third kappa shape index (κ3) is 3.13. The average molecular weight is 341 g/mol. The molecule has 0 saturated heterocycles.